The summed E-state index contributed by atoms with van der Waals surface area (Å²) in [4.78, 5) is 18.3. The van der Waals surface area contributed by atoms with Gasteiger partial charge in [0.05, 0.1) is 12.1 Å². The molecule has 0 fully saturated rings. The first-order valence-electron chi connectivity index (χ1n) is 6.06. The van der Waals surface area contributed by atoms with Gasteiger partial charge in [-0.1, -0.05) is 29.5 Å². The summed E-state index contributed by atoms with van der Waals surface area (Å²) < 4.78 is 0.933. The Bertz CT molecular complexity index is 661. The van der Waals surface area contributed by atoms with Crippen molar-refractivity contribution in [3.63, 3.8) is 0 Å². The Labute approximate surface area is 116 Å². The lowest BCUT2D eigenvalue weighted by Crippen LogP contribution is -2.23. The fourth-order valence-corrected chi connectivity index (χ4v) is 2.56. The number of likely N-dealkylation sites (N-methyl/N-ethyl adjacent to an activating group) is 1. The van der Waals surface area contributed by atoms with E-state index >= 15 is 0 Å². The van der Waals surface area contributed by atoms with E-state index in [1.165, 1.54) is 11.3 Å². The van der Waals surface area contributed by atoms with Crippen LogP contribution in [0.2, 0.25) is 0 Å². The molecule has 0 unspecified atom stereocenters. The van der Waals surface area contributed by atoms with E-state index in [4.69, 9.17) is 5.73 Å². The quantitative estimate of drug-likeness (QED) is 0.680. The Hall–Kier alpha value is -1.72. The first kappa shape index (κ1) is 13.7. The number of amidine groups is 1. The molecule has 100 valence electrons. The van der Waals surface area contributed by atoms with Gasteiger partial charge in [-0.2, -0.15) is 0 Å². The van der Waals surface area contributed by atoms with Crippen LogP contribution >= 0.6 is 11.3 Å². The third kappa shape index (κ3) is 3.39. The molecule has 0 spiro atoms. The number of benzene rings is 1. The van der Waals surface area contributed by atoms with Crippen molar-refractivity contribution in [1.82, 2.24) is 4.90 Å². The Balaban J connectivity index is 2.34. The normalized spacial score (nSPS) is 12.3. The number of nitrogens with two attached hydrogens (primary N) is 1. The summed E-state index contributed by atoms with van der Waals surface area (Å²) in [5.74, 6) is 0.328. The predicted molar refractivity (Wildman–Crippen MR) is 82.2 cm³/mol. The van der Waals surface area contributed by atoms with Crippen molar-refractivity contribution in [2.24, 2.45) is 10.7 Å². The van der Waals surface area contributed by atoms with E-state index in [1.807, 2.05) is 49.3 Å². The maximum Gasteiger partial charge on any atom is 0.243 e. The zero-order valence-electron chi connectivity index (χ0n) is 11.1. The van der Waals surface area contributed by atoms with Crippen molar-refractivity contribution in [1.29, 1.82) is 0 Å². The summed E-state index contributed by atoms with van der Waals surface area (Å²) >= 11 is 1.21. The van der Waals surface area contributed by atoms with Crippen molar-refractivity contribution in [3.05, 3.63) is 45.4 Å². The standard InChI is InChI=1S/C14H17N3OS/c1-17(2)8-7-16-13(15)11-9-10-5-3-4-6-12(10)19-14(11)18/h3-6,9H,7-8H2,1-2H3,(H2,15,16). The third-order valence-electron chi connectivity index (χ3n) is 2.75. The fraction of sp³-hybridized carbons (Fsp3) is 0.286. The predicted octanol–water partition coefficient (Wildman–Crippen LogP) is 1.53. The maximum absolute atomic E-state index is 12.0. The molecule has 0 radical (unpaired) electrons. The number of hydrogen-bond acceptors (Lipinski definition) is 4. The molecule has 5 heteroatoms. The van der Waals surface area contributed by atoms with Gasteiger partial charge in [0.25, 0.3) is 0 Å². The van der Waals surface area contributed by atoms with Gasteiger partial charge in [0.2, 0.25) is 4.74 Å². The molecule has 1 aromatic heterocycles. The second-order valence-corrected chi connectivity index (χ2v) is 5.57. The van der Waals surface area contributed by atoms with Crippen molar-refractivity contribution < 1.29 is 0 Å². The lowest BCUT2D eigenvalue weighted by Gasteiger charge is -2.07. The molecule has 0 saturated carbocycles. The maximum atomic E-state index is 12.0. The highest BCUT2D eigenvalue weighted by atomic mass is 32.1. The largest absolute Gasteiger partial charge is 0.383 e. The van der Waals surface area contributed by atoms with E-state index in [9.17, 15) is 4.79 Å². The molecule has 2 rings (SSSR count). The summed E-state index contributed by atoms with van der Waals surface area (Å²) in [5, 5.41) is 1.02. The van der Waals surface area contributed by atoms with Crippen LogP contribution in [0.1, 0.15) is 5.56 Å². The number of aliphatic imine (C=N–C) groups is 1. The van der Waals surface area contributed by atoms with Crippen LogP contribution in [-0.4, -0.2) is 37.9 Å². The van der Waals surface area contributed by atoms with Gasteiger partial charge in [0.15, 0.2) is 0 Å². The summed E-state index contributed by atoms with van der Waals surface area (Å²) in [6, 6.07) is 9.60. The van der Waals surface area contributed by atoms with Crippen molar-refractivity contribution >= 4 is 27.3 Å². The molecule has 1 heterocycles. The van der Waals surface area contributed by atoms with E-state index < -0.39 is 0 Å². The minimum absolute atomic E-state index is 0.0372. The molecule has 0 aliphatic heterocycles. The molecular formula is C14H17N3OS. The molecule has 19 heavy (non-hydrogen) atoms. The van der Waals surface area contributed by atoms with Crippen LogP contribution < -0.4 is 10.5 Å². The Kier molecular flexibility index (Phi) is 4.29. The van der Waals surface area contributed by atoms with E-state index in [-0.39, 0.29) is 4.74 Å². The van der Waals surface area contributed by atoms with Gasteiger partial charge in [0.1, 0.15) is 5.84 Å². The van der Waals surface area contributed by atoms with Crippen molar-refractivity contribution in [2.45, 2.75) is 0 Å². The van der Waals surface area contributed by atoms with Gasteiger partial charge in [-0.25, -0.2) is 0 Å². The number of fused-ring (bicyclic) bond motifs is 1. The van der Waals surface area contributed by atoms with Gasteiger partial charge >= 0.3 is 0 Å². The highest BCUT2D eigenvalue weighted by Crippen LogP contribution is 2.16. The Morgan fingerprint density at radius 3 is 2.84 bits per heavy atom. The molecule has 0 aliphatic rings. The zero-order valence-corrected chi connectivity index (χ0v) is 11.9. The minimum atomic E-state index is -0.0372. The Morgan fingerprint density at radius 2 is 2.11 bits per heavy atom. The highest BCUT2D eigenvalue weighted by molar-refractivity contribution is 7.16. The lowest BCUT2D eigenvalue weighted by atomic mass is 10.2. The number of rotatable bonds is 4. The van der Waals surface area contributed by atoms with Gasteiger partial charge in [-0.3, -0.25) is 9.79 Å². The van der Waals surface area contributed by atoms with Gasteiger partial charge in [-0.15, -0.1) is 0 Å². The molecule has 0 atom stereocenters. The summed E-state index contributed by atoms with van der Waals surface area (Å²) in [5.41, 5.74) is 6.41. The topological polar surface area (TPSA) is 58.7 Å². The van der Waals surface area contributed by atoms with E-state index in [0.29, 0.717) is 17.9 Å². The van der Waals surface area contributed by atoms with E-state index in [2.05, 4.69) is 4.99 Å². The van der Waals surface area contributed by atoms with Crippen LogP contribution in [0.25, 0.3) is 10.1 Å². The smallest absolute Gasteiger partial charge is 0.243 e. The fourth-order valence-electron chi connectivity index (χ4n) is 1.70. The molecule has 2 N–H and O–H groups in total. The zero-order chi connectivity index (χ0) is 13.8. The molecule has 0 amide bonds. The number of nitrogens with zero attached hydrogens (tertiary/aromatic N) is 2. The van der Waals surface area contributed by atoms with Crippen LogP contribution in [0.15, 0.2) is 40.1 Å². The highest BCUT2D eigenvalue weighted by Gasteiger charge is 2.06. The summed E-state index contributed by atoms with van der Waals surface area (Å²) in [6.45, 7) is 1.40. The van der Waals surface area contributed by atoms with Gasteiger partial charge in [-0.05, 0) is 31.6 Å². The SMILES string of the molecule is CN(C)CCN=C(N)c1cc2ccccc2sc1=O. The van der Waals surface area contributed by atoms with Gasteiger partial charge in [0, 0.05) is 11.2 Å². The third-order valence-corrected chi connectivity index (χ3v) is 3.74. The van der Waals surface area contributed by atoms with Crippen LogP contribution in [0.5, 0.6) is 0 Å². The lowest BCUT2D eigenvalue weighted by molar-refractivity contribution is 0.420. The Morgan fingerprint density at radius 1 is 1.37 bits per heavy atom. The molecule has 2 aromatic rings. The van der Waals surface area contributed by atoms with E-state index in [1.54, 1.807) is 0 Å². The van der Waals surface area contributed by atoms with Crippen LogP contribution in [0.3, 0.4) is 0 Å². The number of hydrogen-bond donors (Lipinski definition) is 1. The summed E-state index contributed by atoms with van der Waals surface area (Å²) in [6.07, 6.45) is 0. The first-order chi connectivity index (χ1) is 9.08. The molecule has 0 saturated heterocycles. The van der Waals surface area contributed by atoms with Crippen molar-refractivity contribution in [3.8, 4) is 0 Å². The minimum Gasteiger partial charge on any atom is -0.383 e. The van der Waals surface area contributed by atoms with Crippen LogP contribution in [0.4, 0.5) is 0 Å². The van der Waals surface area contributed by atoms with E-state index in [0.717, 1.165) is 16.6 Å². The monoisotopic (exact) mass is 275 g/mol. The molecule has 1 aromatic carbocycles. The van der Waals surface area contributed by atoms with Gasteiger partial charge < -0.3 is 10.6 Å². The second kappa shape index (κ2) is 5.95. The molecule has 0 bridgehead atoms. The molecular weight excluding hydrogens is 258 g/mol. The average molecular weight is 275 g/mol. The van der Waals surface area contributed by atoms with Crippen LogP contribution in [0, 0.1) is 0 Å². The van der Waals surface area contributed by atoms with Crippen molar-refractivity contribution in [2.75, 3.05) is 27.2 Å². The first-order valence-corrected chi connectivity index (χ1v) is 6.87. The van der Waals surface area contributed by atoms with Crippen LogP contribution in [-0.2, 0) is 0 Å². The molecule has 0 aliphatic carbocycles. The average Bonchev–Trinajstić information content (AvgIpc) is 2.37. The second-order valence-electron chi connectivity index (χ2n) is 4.56. The summed E-state index contributed by atoms with van der Waals surface area (Å²) in [7, 11) is 3.95. The molecule has 4 nitrogen and oxygen atoms in total.